The van der Waals surface area contributed by atoms with Gasteiger partial charge in [0.25, 0.3) is 5.91 Å². The van der Waals surface area contributed by atoms with Crippen LogP contribution in [0.3, 0.4) is 0 Å². The first-order valence-electron chi connectivity index (χ1n) is 11.8. The maximum Gasteiger partial charge on any atom is 0.253 e. The SMILES string of the molecule is CCS(=O)(=O)n1c2c(c3cc(C(=O)N4CC[C@@H](O)C4)ccc31)CC(C1CCOCC1)CC2. The van der Waals surface area contributed by atoms with Crippen molar-refractivity contribution in [3.05, 3.63) is 35.0 Å². The van der Waals surface area contributed by atoms with Crippen molar-refractivity contribution in [1.29, 1.82) is 0 Å². The van der Waals surface area contributed by atoms with Gasteiger partial charge in [-0.25, -0.2) is 12.4 Å². The van der Waals surface area contributed by atoms with E-state index in [0.29, 0.717) is 42.4 Å². The number of benzene rings is 1. The number of hydrogen-bond acceptors (Lipinski definition) is 5. The zero-order chi connectivity index (χ0) is 22.5. The molecular weight excluding hydrogens is 428 g/mol. The van der Waals surface area contributed by atoms with E-state index >= 15 is 0 Å². The number of aliphatic hydroxyl groups excluding tert-OH is 1. The molecule has 2 aliphatic heterocycles. The predicted octanol–water partition coefficient (Wildman–Crippen LogP) is 2.58. The van der Waals surface area contributed by atoms with Gasteiger partial charge in [0.2, 0.25) is 10.0 Å². The molecule has 2 atom stereocenters. The van der Waals surface area contributed by atoms with Gasteiger partial charge in [-0.2, -0.15) is 0 Å². The van der Waals surface area contributed by atoms with Crippen molar-refractivity contribution >= 4 is 26.8 Å². The van der Waals surface area contributed by atoms with Gasteiger partial charge >= 0.3 is 0 Å². The van der Waals surface area contributed by atoms with Gasteiger partial charge in [0.05, 0.1) is 17.4 Å². The fraction of sp³-hybridized carbons (Fsp3) is 0.625. The first-order chi connectivity index (χ1) is 15.4. The molecule has 1 aromatic heterocycles. The van der Waals surface area contributed by atoms with Crippen molar-refractivity contribution in [1.82, 2.24) is 8.87 Å². The van der Waals surface area contributed by atoms with Crippen molar-refractivity contribution in [2.75, 3.05) is 32.1 Å². The maximum atomic E-state index is 13.1. The summed E-state index contributed by atoms with van der Waals surface area (Å²) in [5.41, 5.74) is 3.23. The number of aromatic nitrogens is 1. The van der Waals surface area contributed by atoms with E-state index in [0.717, 1.165) is 62.0 Å². The highest BCUT2D eigenvalue weighted by molar-refractivity contribution is 7.90. The number of β-amino-alcohol motifs (C(OH)–C–C–N with tert-alkyl or cyclic N) is 1. The number of nitrogens with zero attached hydrogens (tertiary/aromatic N) is 2. The zero-order valence-electron chi connectivity index (χ0n) is 18.6. The van der Waals surface area contributed by atoms with Crippen molar-refractivity contribution in [2.45, 2.75) is 51.6 Å². The van der Waals surface area contributed by atoms with E-state index in [9.17, 15) is 18.3 Å². The summed E-state index contributed by atoms with van der Waals surface area (Å²) in [6, 6.07) is 5.41. The largest absolute Gasteiger partial charge is 0.391 e. The van der Waals surface area contributed by atoms with Crippen molar-refractivity contribution in [3.63, 3.8) is 0 Å². The second kappa shape index (κ2) is 8.47. The lowest BCUT2D eigenvalue weighted by molar-refractivity contribution is 0.0439. The van der Waals surface area contributed by atoms with Crippen LogP contribution < -0.4 is 0 Å². The van der Waals surface area contributed by atoms with Gasteiger partial charge in [-0.15, -0.1) is 0 Å². The topological polar surface area (TPSA) is 88.8 Å². The number of likely N-dealkylation sites (tertiary alicyclic amines) is 1. The number of hydrogen-bond donors (Lipinski definition) is 1. The number of carbonyl (C=O) groups is 1. The standard InChI is InChI=1S/C24H32N2O5S/c1-2-32(29,30)26-22-5-3-17(16-8-11-31-12-9-16)13-20(22)21-14-18(4-6-23(21)26)24(28)25-10-7-19(27)15-25/h4,6,14,16-17,19,27H,2-3,5,7-13,15H2,1H3/t17?,19-/m1/s1. The molecule has 2 saturated heterocycles. The molecule has 5 rings (SSSR count). The first-order valence-corrected chi connectivity index (χ1v) is 13.4. The van der Waals surface area contributed by atoms with E-state index in [1.807, 2.05) is 6.07 Å². The minimum Gasteiger partial charge on any atom is -0.391 e. The van der Waals surface area contributed by atoms with E-state index in [1.54, 1.807) is 27.9 Å². The van der Waals surface area contributed by atoms with Gasteiger partial charge in [0.15, 0.2) is 0 Å². The maximum absolute atomic E-state index is 13.1. The molecule has 1 unspecified atom stereocenters. The molecule has 174 valence electrons. The lowest BCUT2D eigenvalue weighted by Gasteiger charge is -2.33. The summed E-state index contributed by atoms with van der Waals surface area (Å²) in [6.45, 7) is 4.19. The number of amides is 1. The van der Waals surface area contributed by atoms with Gasteiger partial charge in [-0.1, -0.05) is 0 Å². The summed E-state index contributed by atoms with van der Waals surface area (Å²) in [5.74, 6) is 1.07. The predicted molar refractivity (Wildman–Crippen MR) is 122 cm³/mol. The van der Waals surface area contributed by atoms with E-state index in [1.165, 1.54) is 0 Å². The van der Waals surface area contributed by atoms with E-state index in [2.05, 4.69) is 0 Å². The van der Waals surface area contributed by atoms with Crippen molar-refractivity contribution in [2.24, 2.45) is 11.8 Å². The van der Waals surface area contributed by atoms with Crippen LogP contribution in [-0.2, 0) is 27.6 Å². The molecule has 1 N–H and O–H groups in total. The molecule has 1 aliphatic carbocycles. The molecule has 0 bridgehead atoms. The fourth-order valence-electron chi connectivity index (χ4n) is 5.82. The van der Waals surface area contributed by atoms with Crippen LogP contribution in [0.15, 0.2) is 18.2 Å². The molecule has 1 aromatic carbocycles. The highest BCUT2D eigenvalue weighted by Gasteiger charge is 2.34. The Labute approximate surface area is 189 Å². The Morgan fingerprint density at radius 1 is 1.16 bits per heavy atom. The quantitative estimate of drug-likeness (QED) is 0.758. The second-order valence-corrected chi connectivity index (χ2v) is 11.6. The molecule has 0 spiro atoms. The van der Waals surface area contributed by atoms with Gasteiger partial charge in [0.1, 0.15) is 0 Å². The van der Waals surface area contributed by atoms with Crippen LogP contribution in [0.4, 0.5) is 0 Å². The number of ether oxygens (including phenoxy) is 1. The van der Waals surface area contributed by atoms with Crippen LogP contribution >= 0.6 is 0 Å². The summed E-state index contributed by atoms with van der Waals surface area (Å²) in [5, 5.41) is 10.7. The summed E-state index contributed by atoms with van der Waals surface area (Å²) in [4.78, 5) is 14.7. The number of aliphatic hydroxyl groups is 1. The van der Waals surface area contributed by atoms with Crippen molar-refractivity contribution in [3.8, 4) is 0 Å². The lowest BCUT2D eigenvalue weighted by Crippen LogP contribution is -2.29. The molecule has 1 amide bonds. The highest BCUT2D eigenvalue weighted by Crippen LogP contribution is 2.40. The first kappa shape index (κ1) is 21.9. The number of rotatable bonds is 4. The third-order valence-electron chi connectivity index (χ3n) is 7.63. The van der Waals surface area contributed by atoms with E-state index in [-0.39, 0.29) is 11.7 Å². The Morgan fingerprint density at radius 2 is 1.94 bits per heavy atom. The molecular formula is C24H32N2O5S. The van der Waals surface area contributed by atoms with E-state index < -0.39 is 16.1 Å². The Bertz CT molecular complexity index is 1130. The Morgan fingerprint density at radius 3 is 2.62 bits per heavy atom. The zero-order valence-corrected chi connectivity index (χ0v) is 19.4. The number of fused-ring (bicyclic) bond motifs is 3. The van der Waals surface area contributed by atoms with Gasteiger partial charge < -0.3 is 14.7 Å². The molecule has 7 nitrogen and oxygen atoms in total. The minimum absolute atomic E-state index is 0.0406. The fourth-order valence-corrected chi connectivity index (χ4v) is 7.08. The highest BCUT2D eigenvalue weighted by atomic mass is 32.2. The molecule has 32 heavy (non-hydrogen) atoms. The summed E-state index contributed by atoms with van der Waals surface area (Å²) in [7, 11) is -3.45. The summed E-state index contributed by atoms with van der Waals surface area (Å²) < 4.78 is 33.2. The monoisotopic (exact) mass is 460 g/mol. The molecule has 3 heterocycles. The lowest BCUT2D eigenvalue weighted by atomic mass is 9.75. The Balaban J connectivity index is 1.58. The third-order valence-corrected chi connectivity index (χ3v) is 9.33. The average molecular weight is 461 g/mol. The molecule has 0 saturated carbocycles. The van der Waals surface area contributed by atoms with E-state index in [4.69, 9.17) is 4.74 Å². The van der Waals surface area contributed by atoms with Crippen LogP contribution in [0.5, 0.6) is 0 Å². The Hall–Kier alpha value is -1.90. The number of carbonyl (C=O) groups excluding carboxylic acids is 1. The minimum atomic E-state index is -3.45. The van der Waals surface area contributed by atoms with Gasteiger partial charge in [0, 0.05) is 42.9 Å². The van der Waals surface area contributed by atoms with Crippen molar-refractivity contribution < 1.29 is 23.1 Å². The summed E-state index contributed by atoms with van der Waals surface area (Å²) in [6.07, 6.45) is 4.84. The van der Waals surface area contributed by atoms with Crippen LogP contribution in [0.2, 0.25) is 0 Å². The molecule has 3 aliphatic rings. The normalized spacial score (nSPS) is 24.8. The second-order valence-electron chi connectivity index (χ2n) is 9.47. The Kier molecular flexibility index (Phi) is 5.80. The average Bonchev–Trinajstić information content (AvgIpc) is 3.39. The van der Waals surface area contributed by atoms with Crippen LogP contribution in [0, 0.1) is 11.8 Å². The smallest absolute Gasteiger partial charge is 0.253 e. The molecule has 2 fully saturated rings. The van der Waals surface area contributed by atoms with Crippen LogP contribution in [-0.4, -0.2) is 66.5 Å². The third kappa shape index (κ3) is 3.76. The van der Waals surface area contributed by atoms with Gasteiger partial charge in [-0.3, -0.25) is 4.79 Å². The molecule has 8 heteroatoms. The van der Waals surface area contributed by atoms with Crippen LogP contribution in [0.25, 0.3) is 10.9 Å². The molecule has 0 radical (unpaired) electrons. The van der Waals surface area contributed by atoms with Crippen LogP contribution in [0.1, 0.15) is 54.2 Å². The van der Waals surface area contributed by atoms with Gasteiger partial charge in [-0.05, 0) is 81.0 Å². The molecule has 2 aromatic rings. The summed E-state index contributed by atoms with van der Waals surface area (Å²) >= 11 is 0.